The highest BCUT2D eigenvalue weighted by atomic mass is 16.5. The predicted molar refractivity (Wildman–Crippen MR) is 71.5 cm³/mol. The van der Waals surface area contributed by atoms with Gasteiger partial charge in [0.05, 0.1) is 13.3 Å². The molecule has 1 fully saturated rings. The lowest BCUT2D eigenvalue weighted by Crippen LogP contribution is -2.29. The van der Waals surface area contributed by atoms with Crippen LogP contribution in [0.25, 0.3) is 0 Å². The van der Waals surface area contributed by atoms with Gasteiger partial charge in [-0.1, -0.05) is 11.6 Å². The van der Waals surface area contributed by atoms with E-state index >= 15 is 0 Å². The maximum Gasteiger partial charge on any atom is 0.123 e. The van der Waals surface area contributed by atoms with Gasteiger partial charge >= 0.3 is 0 Å². The number of ether oxygens (including phenoxy) is 1. The van der Waals surface area contributed by atoms with Gasteiger partial charge in [0, 0.05) is 12.1 Å². The zero-order valence-corrected chi connectivity index (χ0v) is 10.8. The first-order valence-electron chi connectivity index (χ1n) is 6.40. The zero-order valence-electron chi connectivity index (χ0n) is 10.8. The number of nitrogens with zero attached hydrogens (tertiary/aromatic N) is 2. The van der Waals surface area contributed by atoms with Gasteiger partial charge in [0.25, 0.3) is 0 Å². The first-order chi connectivity index (χ1) is 8.83. The molecule has 0 atom stereocenters. The number of benzene rings is 1. The van der Waals surface area contributed by atoms with Crippen molar-refractivity contribution in [2.75, 3.05) is 20.2 Å². The maximum absolute atomic E-state index is 8.59. The third kappa shape index (κ3) is 3.23. The molecule has 0 radical (unpaired) electrons. The Balaban J connectivity index is 2.14. The van der Waals surface area contributed by atoms with Crippen LogP contribution in [0.15, 0.2) is 23.4 Å². The lowest BCUT2D eigenvalue weighted by atomic mass is 10.1. The van der Waals surface area contributed by atoms with Crippen molar-refractivity contribution in [1.82, 2.24) is 4.90 Å². The lowest BCUT2D eigenvalue weighted by Gasteiger charge is -2.27. The number of oxime groups is 1. The molecule has 4 heteroatoms. The number of hydrogen-bond donors (Lipinski definition) is 1. The van der Waals surface area contributed by atoms with Crippen LogP contribution in [-0.2, 0) is 6.54 Å². The fourth-order valence-electron chi connectivity index (χ4n) is 2.43. The monoisotopic (exact) mass is 248 g/mol. The van der Waals surface area contributed by atoms with Crippen LogP contribution in [0.2, 0.25) is 0 Å². The molecule has 1 aromatic rings. The molecule has 1 aromatic carbocycles. The minimum absolute atomic E-state index is 0.894. The quantitative estimate of drug-likeness (QED) is 0.506. The van der Waals surface area contributed by atoms with Crippen LogP contribution in [0.4, 0.5) is 0 Å². The number of piperidine rings is 1. The van der Waals surface area contributed by atoms with Gasteiger partial charge in [-0.2, -0.15) is 0 Å². The first kappa shape index (κ1) is 12.9. The molecule has 0 unspecified atom stereocenters. The van der Waals surface area contributed by atoms with E-state index in [1.807, 2.05) is 18.2 Å². The molecule has 0 aromatic heterocycles. The van der Waals surface area contributed by atoms with Gasteiger partial charge in [-0.3, -0.25) is 4.90 Å². The van der Waals surface area contributed by atoms with Crippen LogP contribution in [0.3, 0.4) is 0 Å². The predicted octanol–water partition coefficient (Wildman–Crippen LogP) is 2.49. The van der Waals surface area contributed by atoms with Gasteiger partial charge in [0.15, 0.2) is 0 Å². The van der Waals surface area contributed by atoms with Gasteiger partial charge in [0.1, 0.15) is 5.75 Å². The normalized spacial score (nSPS) is 17.2. The summed E-state index contributed by atoms with van der Waals surface area (Å²) < 4.78 is 5.39. The second-order valence-electron chi connectivity index (χ2n) is 4.65. The van der Waals surface area contributed by atoms with Crippen molar-refractivity contribution >= 4 is 6.21 Å². The van der Waals surface area contributed by atoms with Crippen molar-refractivity contribution in [3.8, 4) is 5.75 Å². The van der Waals surface area contributed by atoms with Crippen molar-refractivity contribution in [3.63, 3.8) is 0 Å². The van der Waals surface area contributed by atoms with E-state index in [0.29, 0.717) is 0 Å². The Hall–Kier alpha value is -1.55. The molecule has 98 valence electrons. The average molecular weight is 248 g/mol. The highest BCUT2D eigenvalue weighted by Crippen LogP contribution is 2.22. The average Bonchev–Trinajstić information content (AvgIpc) is 2.41. The molecule has 1 aliphatic rings. The van der Waals surface area contributed by atoms with Gasteiger partial charge in [0.2, 0.25) is 0 Å². The molecule has 0 saturated carbocycles. The maximum atomic E-state index is 8.59. The summed E-state index contributed by atoms with van der Waals surface area (Å²) in [6.07, 6.45) is 5.34. The van der Waals surface area contributed by atoms with Crippen LogP contribution in [0.5, 0.6) is 5.75 Å². The fourth-order valence-corrected chi connectivity index (χ4v) is 2.43. The topological polar surface area (TPSA) is 45.1 Å². The Bertz CT molecular complexity index is 412. The number of methoxy groups -OCH3 is 1. The van der Waals surface area contributed by atoms with Crippen molar-refractivity contribution in [1.29, 1.82) is 0 Å². The minimum atomic E-state index is 0.894. The smallest absolute Gasteiger partial charge is 0.123 e. The van der Waals surface area contributed by atoms with Crippen LogP contribution >= 0.6 is 0 Å². The summed E-state index contributed by atoms with van der Waals surface area (Å²) in [6.45, 7) is 3.21. The van der Waals surface area contributed by atoms with E-state index < -0.39 is 0 Å². The fraction of sp³-hybridized carbons (Fsp3) is 0.500. The highest BCUT2D eigenvalue weighted by molar-refractivity contribution is 5.79. The highest BCUT2D eigenvalue weighted by Gasteiger charge is 2.13. The molecule has 0 spiro atoms. The Morgan fingerprint density at radius 1 is 1.33 bits per heavy atom. The number of likely N-dealkylation sites (tertiary alicyclic amines) is 1. The second kappa shape index (κ2) is 6.40. The van der Waals surface area contributed by atoms with Crippen LogP contribution < -0.4 is 4.74 Å². The summed E-state index contributed by atoms with van der Waals surface area (Å²) in [6, 6.07) is 5.84. The molecule has 2 rings (SSSR count). The van der Waals surface area contributed by atoms with Crippen LogP contribution in [0.1, 0.15) is 30.4 Å². The summed E-state index contributed by atoms with van der Waals surface area (Å²) in [7, 11) is 1.69. The van der Waals surface area contributed by atoms with Crippen LogP contribution in [-0.4, -0.2) is 36.5 Å². The molecule has 0 bridgehead atoms. The Kier molecular flexibility index (Phi) is 4.59. The third-order valence-corrected chi connectivity index (χ3v) is 3.35. The standard InChI is InChI=1S/C14H20N2O2/c1-18-14-6-5-12(10-15-17)9-13(14)11-16-7-3-2-4-8-16/h5-6,9-10,17H,2-4,7-8,11H2,1H3. The van der Waals surface area contributed by atoms with Crippen molar-refractivity contribution in [3.05, 3.63) is 29.3 Å². The Labute approximate surface area is 108 Å². The zero-order chi connectivity index (χ0) is 12.8. The SMILES string of the molecule is COc1ccc(C=NO)cc1CN1CCCCC1. The van der Waals surface area contributed by atoms with E-state index in [1.165, 1.54) is 25.5 Å². The van der Waals surface area contributed by atoms with E-state index in [2.05, 4.69) is 10.1 Å². The molecule has 1 aliphatic heterocycles. The minimum Gasteiger partial charge on any atom is -0.496 e. The van der Waals surface area contributed by atoms with Crippen molar-refractivity contribution < 1.29 is 9.94 Å². The summed E-state index contributed by atoms with van der Waals surface area (Å²) in [4.78, 5) is 2.45. The lowest BCUT2D eigenvalue weighted by molar-refractivity contribution is 0.218. The third-order valence-electron chi connectivity index (χ3n) is 3.35. The molecular weight excluding hydrogens is 228 g/mol. The first-order valence-corrected chi connectivity index (χ1v) is 6.40. The molecule has 1 N–H and O–H groups in total. The largest absolute Gasteiger partial charge is 0.496 e. The Morgan fingerprint density at radius 2 is 2.11 bits per heavy atom. The summed E-state index contributed by atoms with van der Waals surface area (Å²) in [5.41, 5.74) is 2.04. The van der Waals surface area contributed by atoms with E-state index in [0.717, 1.165) is 36.5 Å². The van der Waals surface area contributed by atoms with Crippen molar-refractivity contribution in [2.24, 2.45) is 5.16 Å². The number of hydrogen-bond acceptors (Lipinski definition) is 4. The van der Waals surface area contributed by atoms with E-state index in [4.69, 9.17) is 9.94 Å². The second-order valence-corrected chi connectivity index (χ2v) is 4.65. The van der Waals surface area contributed by atoms with E-state index in [-0.39, 0.29) is 0 Å². The van der Waals surface area contributed by atoms with E-state index in [9.17, 15) is 0 Å². The summed E-state index contributed by atoms with van der Waals surface area (Å²) in [5.74, 6) is 0.899. The molecule has 0 aliphatic carbocycles. The van der Waals surface area contributed by atoms with E-state index in [1.54, 1.807) is 7.11 Å². The Morgan fingerprint density at radius 3 is 2.78 bits per heavy atom. The van der Waals surface area contributed by atoms with Gasteiger partial charge in [-0.05, 0) is 49.7 Å². The van der Waals surface area contributed by atoms with Gasteiger partial charge in [-0.15, -0.1) is 0 Å². The van der Waals surface area contributed by atoms with Gasteiger partial charge in [-0.25, -0.2) is 0 Å². The molecule has 1 heterocycles. The molecule has 0 amide bonds. The van der Waals surface area contributed by atoms with Crippen molar-refractivity contribution in [2.45, 2.75) is 25.8 Å². The number of rotatable bonds is 4. The van der Waals surface area contributed by atoms with Crippen LogP contribution in [0, 0.1) is 0 Å². The molecule has 18 heavy (non-hydrogen) atoms. The summed E-state index contributed by atoms with van der Waals surface area (Å²) >= 11 is 0. The van der Waals surface area contributed by atoms with Gasteiger partial charge < -0.3 is 9.94 Å². The summed E-state index contributed by atoms with van der Waals surface area (Å²) in [5, 5.41) is 11.7. The molecule has 4 nitrogen and oxygen atoms in total. The molecular formula is C14H20N2O2. The molecule has 1 saturated heterocycles.